The van der Waals surface area contributed by atoms with Gasteiger partial charge in [0.05, 0.1) is 17.3 Å². The fraction of sp³-hybridized carbons (Fsp3) is 0.222. The molecule has 78 valence electrons. The van der Waals surface area contributed by atoms with Crippen LogP contribution in [0.5, 0.6) is 0 Å². The summed E-state index contributed by atoms with van der Waals surface area (Å²) in [5.41, 5.74) is 0.181. The summed E-state index contributed by atoms with van der Waals surface area (Å²) >= 11 is 0. The summed E-state index contributed by atoms with van der Waals surface area (Å²) in [6.07, 6.45) is -2.34. The molecule has 0 aliphatic carbocycles. The molecule has 1 aromatic rings. The van der Waals surface area contributed by atoms with E-state index in [0.29, 0.717) is 0 Å². The fourth-order valence-electron chi connectivity index (χ4n) is 0.976. The first-order valence-electron chi connectivity index (χ1n) is 4.01. The molecule has 0 amide bonds. The number of rotatable bonds is 3. The Kier molecular flexibility index (Phi) is 3.33. The Morgan fingerprint density at radius 2 is 2.20 bits per heavy atom. The molecule has 0 fully saturated rings. The third-order valence-electron chi connectivity index (χ3n) is 1.77. The number of nitriles is 1. The number of aliphatic hydroxyl groups excluding tert-OH is 2. The quantitative estimate of drug-likeness (QED) is 0.612. The van der Waals surface area contributed by atoms with Crippen LogP contribution in [0.4, 0.5) is 0 Å². The molecule has 1 aromatic heterocycles. The van der Waals surface area contributed by atoms with Crippen LogP contribution in [0.3, 0.4) is 0 Å². The first kappa shape index (κ1) is 11.1. The zero-order valence-corrected chi connectivity index (χ0v) is 7.53. The summed E-state index contributed by atoms with van der Waals surface area (Å²) < 4.78 is 0. The van der Waals surface area contributed by atoms with Crippen molar-refractivity contribution in [3.8, 4) is 6.07 Å². The molecule has 1 rings (SSSR count). The second kappa shape index (κ2) is 4.50. The Morgan fingerprint density at radius 1 is 1.53 bits per heavy atom. The Morgan fingerprint density at radius 3 is 2.73 bits per heavy atom. The molecule has 0 spiro atoms. The van der Waals surface area contributed by atoms with Crippen molar-refractivity contribution in [3.63, 3.8) is 0 Å². The molecule has 6 nitrogen and oxygen atoms in total. The predicted molar refractivity (Wildman–Crippen MR) is 47.6 cm³/mol. The molecule has 0 radical (unpaired) electrons. The summed E-state index contributed by atoms with van der Waals surface area (Å²) in [6, 6.07) is 4.44. The smallest absolute Gasteiger partial charge is 0.335 e. The van der Waals surface area contributed by atoms with Crippen LogP contribution in [-0.4, -0.2) is 32.4 Å². The molecule has 6 heteroatoms. The highest BCUT2D eigenvalue weighted by Crippen LogP contribution is 2.15. The van der Waals surface area contributed by atoms with E-state index in [0.717, 1.165) is 0 Å². The maximum Gasteiger partial charge on any atom is 0.335 e. The van der Waals surface area contributed by atoms with Crippen molar-refractivity contribution in [2.24, 2.45) is 0 Å². The molecular formula is C9H8N2O4. The van der Waals surface area contributed by atoms with Gasteiger partial charge < -0.3 is 15.3 Å². The average molecular weight is 208 g/mol. The molecule has 0 aliphatic rings. The highest BCUT2D eigenvalue weighted by atomic mass is 16.4. The molecule has 2 atom stereocenters. The van der Waals surface area contributed by atoms with Crippen molar-refractivity contribution in [1.82, 2.24) is 4.98 Å². The minimum Gasteiger partial charge on any atom is -0.479 e. The van der Waals surface area contributed by atoms with E-state index >= 15 is 0 Å². The largest absolute Gasteiger partial charge is 0.479 e. The van der Waals surface area contributed by atoms with Crippen LogP contribution in [0.2, 0.25) is 0 Å². The summed E-state index contributed by atoms with van der Waals surface area (Å²) in [6.45, 7) is 0. The number of nitrogens with zero attached hydrogens (tertiary/aromatic N) is 2. The zero-order valence-electron chi connectivity index (χ0n) is 7.53. The molecule has 0 aliphatic heterocycles. The first-order valence-corrected chi connectivity index (χ1v) is 4.01. The number of aliphatic carboxylic acids is 1. The van der Waals surface area contributed by atoms with E-state index in [1.165, 1.54) is 18.3 Å². The molecule has 3 N–H and O–H groups in total. The van der Waals surface area contributed by atoms with Crippen LogP contribution >= 0.6 is 0 Å². The third-order valence-corrected chi connectivity index (χ3v) is 1.77. The summed E-state index contributed by atoms with van der Waals surface area (Å²) in [4.78, 5) is 14.0. The second-order valence-electron chi connectivity index (χ2n) is 2.81. The van der Waals surface area contributed by atoms with Gasteiger partial charge in [-0.25, -0.2) is 4.79 Å². The zero-order chi connectivity index (χ0) is 11.4. The number of carboxylic acids is 1. The van der Waals surface area contributed by atoms with Gasteiger partial charge in [-0.15, -0.1) is 0 Å². The third kappa shape index (κ3) is 2.49. The minimum atomic E-state index is -1.95. The highest BCUT2D eigenvalue weighted by Gasteiger charge is 2.26. The van der Waals surface area contributed by atoms with Crippen molar-refractivity contribution in [2.45, 2.75) is 12.2 Å². The Bertz CT molecular complexity index is 413. The average Bonchev–Trinajstić information content (AvgIpc) is 2.27. The lowest BCUT2D eigenvalue weighted by Crippen LogP contribution is -2.28. The monoisotopic (exact) mass is 208 g/mol. The number of aromatic nitrogens is 1. The molecule has 15 heavy (non-hydrogen) atoms. The van der Waals surface area contributed by atoms with Crippen molar-refractivity contribution >= 4 is 5.97 Å². The molecule has 0 aromatic carbocycles. The fourth-order valence-corrected chi connectivity index (χ4v) is 0.976. The maximum atomic E-state index is 10.4. The van der Waals surface area contributed by atoms with Crippen LogP contribution in [0.1, 0.15) is 17.4 Å². The molecule has 0 bridgehead atoms. The lowest BCUT2D eigenvalue weighted by Gasteiger charge is -2.12. The van der Waals surface area contributed by atoms with Gasteiger partial charge in [-0.05, 0) is 12.1 Å². The predicted octanol–water partition coefficient (Wildman–Crippen LogP) is -0.568. The number of hydrogen-bond acceptors (Lipinski definition) is 5. The second-order valence-corrected chi connectivity index (χ2v) is 2.81. The lowest BCUT2D eigenvalue weighted by molar-refractivity contribution is -0.153. The van der Waals surface area contributed by atoms with Crippen LogP contribution < -0.4 is 0 Å². The summed E-state index contributed by atoms with van der Waals surface area (Å²) in [5.74, 6) is -1.55. The summed E-state index contributed by atoms with van der Waals surface area (Å²) in [7, 11) is 0. The minimum absolute atomic E-state index is 0.0519. The van der Waals surface area contributed by atoms with E-state index in [-0.39, 0.29) is 11.3 Å². The number of carbonyl (C=O) groups is 1. The normalized spacial score (nSPS) is 13.9. The molecule has 0 saturated heterocycles. The van der Waals surface area contributed by atoms with Crippen molar-refractivity contribution in [2.75, 3.05) is 0 Å². The van der Waals surface area contributed by atoms with E-state index < -0.39 is 18.2 Å². The van der Waals surface area contributed by atoms with Crippen LogP contribution in [0, 0.1) is 11.3 Å². The number of aliphatic hydroxyl groups is 2. The highest BCUT2D eigenvalue weighted by molar-refractivity contribution is 5.72. The molecule has 0 saturated carbocycles. The van der Waals surface area contributed by atoms with Crippen LogP contribution in [-0.2, 0) is 4.79 Å². The van der Waals surface area contributed by atoms with Gasteiger partial charge in [0.15, 0.2) is 6.10 Å². The molecule has 1 heterocycles. The first-order chi connectivity index (χ1) is 7.06. The molecular weight excluding hydrogens is 200 g/mol. The Labute approximate surface area is 85.0 Å². The van der Waals surface area contributed by atoms with E-state index in [9.17, 15) is 9.90 Å². The lowest BCUT2D eigenvalue weighted by atomic mass is 10.1. The van der Waals surface area contributed by atoms with E-state index in [4.69, 9.17) is 15.5 Å². The SMILES string of the molecule is N#Cc1ccnc(C(O)C(O)C(=O)O)c1. The van der Waals surface area contributed by atoms with Gasteiger partial charge in [0.25, 0.3) is 0 Å². The van der Waals surface area contributed by atoms with Gasteiger partial charge >= 0.3 is 5.97 Å². The number of carboxylic acid groups (broad SMARTS) is 1. The van der Waals surface area contributed by atoms with Crippen LogP contribution in [0.25, 0.3) is 0 Å². The van der Waals surface area contributed by atoms with Gasteiger partial charge in [0.1, 0.15) is 6.10 Å². The van der Waals surface area contributed by atoms with E-state index in [2.05, 4.69) is 4.98 Å². The topological polar surface area (TPSA) is 114 Å². The van der Waals surface area contributed by atoms with Crippen molar-refractivity contribution < 1.29 is 20.1 Å². The van der Waals surface area contributed by atoms with E-state index in [1.54, 1.807) is 0 Å². The van der Waals surface area contributed by atoms with Gasteiger partial charge in [-0.2, -0.15) is 5.26 Å². The number of pyridine rings is 1. The van der Waals surface area contributed by atoms with Crippen LogP contribution in [0.15, 0.2) is 18.3 Å². The Balaban J connectivity index is 2.96. The standard InChI is InChI=1S/C9H8N2O4/c10-4-5-1-2-11-6(3-5)7(12)8(13)9(14)15/h1-3,7-8,12-13H,(H,14,15). The maximum absolute atomic E-state index is 10.4. The number of hydrogen-bond donors (Lipinski definition) is 3. The summed E-state index contributed by atoms with van der Waals surface area (Å²) in [5, 5.41) is 35.4. The van der Waals surface area contributed by atoms with Crippen molar-refractivity contribution in [1.29, 1.82) is 5.26 Å². The van der Waals surface area contributed by atoms with Gasteiger partial charge in [-0.3, -0.25) is 4.98 Å². The van der Waals surface area contributed by atoms with Gasteiger partial charge in [0, 0.05) is 6.20 Å². The van der Waals surface area contributed by atoms with Gasteiger partial charge in [-0.1, -0.05) is 0 Å². The van der Waals surface area contributed by atoms with Crippen molar-refractivity contribution in [3.05, 3.63) is 29.6 Å². The molecule has 2 unspecified atom stereocenters. The van der Waals surface area contributed by atoms with Gasteiger partial charge in [0.2, 0.25) is 0 Å². The Hall–Kier alpha value is -1.97. The van der Waals surface area contributed by atoms with E-state index in [1.807, 2.05) is 6.07 Å².